The number of aromatic nitrogens is 4. The van der Waals surface area contributed by atoms with Gasteiger partial charge in [0.1, 0.15) is 11.1 Å². The summed E-state index contributed by atoms with van der Waals surface area (Å²) in [7, 11) is 0. The Morgan fingerprint density at radius 3 is 2.62 bits per heavy atom. The molecule has 1 saturated heterocycles. The zero-order valence-electron chi connectivity index (χ0n) is 22.0. The number of amides is 1. The van der Waals surface area contributed by atoms with E-state index in [4.69, 9.17) is 9.72 Å². The van der Waals surface area contributed by atoms with Crippen molar-refractivity contribution < 1.29 is 9.53 Å². The number of nitrogens with one attached hydrogen (secondary N) is 2. The predicted molar refractivity (Wildman–Crippen MR) is 154 cm³/mol. The molecule has 2 aromatic heterocycles. The van der Waals surface area contributed by atoms with Gasteiger partial charge in [0, 0.05) is 50.3 Å². The van der Waals surface area contributed by atoms with E-state index in [1.54, 1.807) is 15.8 Å². The Balaban J connectivity index is 1.29. The number of hydrogen-bond acceptors (Lipinski definition) is 8. The second kappa shape index (κ2) is 10.2. The van der Waals surface area contributed by atoms with E-state index in [0.717, 1.165) is 44.7 Å². The number of ether oxygens (including phenoxy) is 1. The summed E-state index contributed by atoms with van der Waals surface area (Å²) in [5.41, 5.74) is 3.77. The zero-order chi connectivity index (χ0) is 27.1. The number of anilines is 4. The van der Waals surface area contributed by atoms with E-state index in [1.165, 1.54) is 5.69 Å². The van der Waals surface area contributed by atoms with Gasteiger partial charge < -0.3 is 25.2 Å². The number of nitrogens with zero attached hydrogens (tertiary/aromatic N) is 6. The summed E-state index contributed by atoms with van der Waals surface area (Å²) in [6.45, 7) is 4.95. The van der Waals surface area contributed by atoms with Gasteiger partial charge in [-0.25, -0.2) is 14.3 Å². The highest BCUT2D eigenvalue weighted by atomic mass is 16.5. The van der Waals surface area contributed by atoms with Crippen molar-refractivity contribution in [3.05, 3.63) is 71.2 Å². The topological polar surface area (TPSA) is 110 Å². The van der Waals surface area contributed by atoms with Crippen molar-refractivity contribution in [2.45, 2.75) is 19.4 Å². The molecule has 0 unspecified atom stereocenters. The summed E-state index contributed by atoms with van der Waals surface area (Å²) < 4.78 is 9.17. The van der Waals surface area contributed by atoms with Crippen LogP contribution in [0.4, 0.5) is 23.0 Å². The van der Waals surface area contributed by atoms with Crippen LogP contribution in [0, 0.1) is 0 Å². The zero-order valence-corrected chi connectivity index (χ0v) is 22.0. The van der Waals surface area contributed by atoms with Crippen LogP contribution >= 0.6 is 0 Å². The molecule has 0 atom stereocenters. The van der Waals surface area contributed by atoms with Gasteiger partial charge in [-0.15, -0.1) is 0 Å². The standard InChI is InChI=1S/C29H30N8O3/c38-26-19-40-25-10-9-22-17-24(25)35(26)13-3-1-2-4-14-36-28(39)23-18-31-29(33-27(23)37(22)36)32-20-5-7-21(8-6-20)34-15-11-30-12-16-34/h2,4-10,17-18,30H,1,3,11-16,19H2,(H,31,32,33)/b4-2-. The summed E-state index contributed by atoms with van der Waals surface area (Å²) in [6.07, 6.45) is 7.24. The van der Waals surface area contributed by atoms with E-state index in [0.29, 0.717) is 47.2 Å². The molecule has 3 aliphatic rings. The monoisotopic (exact) mass is 538 g/mol. The van der Waals surface area contributed by atoms with Crippen molar-refractivity contribution in [3.8, 4) is 11.4 Å². The number of allylic oxidation sites excluding steroid dienone is 2. The van der Waals surface area contributed by atoms with Crippen molar-refractivity contribution in [2.24, 2.45) is 0 Å². The van der Waals surface area contributed by atoms with Gasteiger partial charge >= 0.3 is 0 Å². The van der Waals surface area contributed by atoms with Crippen molar-refractivity contribution in [1.82, 2.24) is 24.6 Å². The highest BCUT2D eigenvalue weighted by Crippen LogP contribution is 2.35. The van der Waals surface area contributed by atoms with Crippen LogP contribution in [0.5, 0.6) is 5.75 Å². The second-order valence-corrected chi connectivity index (χ2v) is 10.1. The molecular formula is C29H30N8O3. The minimum Gasteiger partial charge on any atom is -0.482 e. The third-order valence-electron chi connectivity index (χ3n) is 7.61. The predicted octanol–water partition coefficient (Wildman–Crippen LogP) is 2.81. The Labute approximate surface area is 230 Å². The van der Waals surface area contributed by atoms with Crippen LogP contribution in [0.15, 0.2) is 65.6 Å². The first kappa shape index (κ1) is 24.4. The Bertz CT molecular complexity index is 1670. The molecule has 3 aliphatic heterocycles. The van der Waals surface area contributed by atoms with Gasteiger partial charge in [0.2, 0.25) is 5.95 Å². The fourth-order valence-electron chi connectivity index (χ4n) is 5.55. The van der Waals surface area contributed by atoms with Gasteiger partial charge in [0.25, 0.3) is 11.5 Å². The molecule has 2 bridgehead atoms. The first-order valence-electron chi connectivity index (χ1n) is 13.7. The fraction of sp³-hybridized carbons (Fsp3) is 0.310. The molecule has 2 aromatic carbocycles. The number of rotatable bonds is 3. The summed E-state index contributed by atoms with van der Waals surface area (Å²) in [5, 5.41) is 7.09. The summed E-state index contributed by atoms with van der Waals surface area (Å²) in [4.78, 5) is 39.6. The fourth-order valence-corrected chi connectivity index (χ4v) is 5.55. The molecular weight excluding hydrogens is 508 g/mol. The molecule has 1 amide bonds. The molecule has 2 N–H and O–H groups in total. The molecule has 11 heteroatoms. The number of benzene rings is 2. The SMILES string of the molecule is O=C1COc2ccc3cc2N1CCC/C=C\Cn1c(=O)c2cnc(Nc4ccc(N5CCNCC5)cc4)nc2n1-3. The average molecular weight is 539 g/mol. The Hall–Kier alpha value is -4.64. The van der Waals surface area contributed by atoms with E-state index in [1.807, 2.05) is 41.1 Å². The number of hydrogen-bond donors (Lipinski definition) is 2. The van der Waals surface area contributed by atoms with Crippen molar-refractivity contribution in [3.63, 3.8) is 0 Å². The molecule has 0 spiro atoms. The lowest BCUT2D eigenvalue weighted by molar-refractivity contribution is -0.121. The Morgan fingerprint density at radius 1 is 0.950 bits per heavy atom. The molecule has 40 heavy (non-hydrogen) atoms. The van der Waals surface area contributed by atoms with Gasteiger partial charge in [-0.1, -0.05) is 12.2 Å². The third-order valence-corrected chi connectivity index (χ3v) is 7.61. The molecule has 0 saturated carbocycles. The molecule has 1 fully saturated rings. The third kappa shape index (κ3) is 4.37. The minimum atomic E-state index is -0.175. The van der Waals surface area contributed by atoms with Crippen molar-refractivity contribution in [1.29, 1.82) is 0 Å². The van der Waals surface area contributed by atoms with Crippen LogP contribution in [0.3, 0.4) is 0 Å². The largest absolute Gasteiger partial charge is 0.482 e. The van der Waals surface area contributed by atoms with E-state index in [-0.39, 0.29) is 18.1 Å². The Morgan fingerprint density at radius 2 is 1.77 bits per heavy atom. The van der Waals surface area contributed by atoms with Gasteiger partial charge in [-0.2, -0.15) is 4.98 Å². The lowest BCUT2D eigenvalue weighted by Gasteiger charge is -2.30. The number of piperazine rings is 1. The summed E-state index contributed by atoms with van der Waals surface area (Å²) in [6, 6.07) is 13.9. The molecule has 204 valence electrons. The minimum absolute atomic E-state index is 0.0256. The first-order valence-corrected chi connectivity index (χ1v) is 13.7. The lowest BCUT2D eigenvalue weighted by atomic mass is 10.1. The van der Waals surface area contributed by atoms with E-state index in [2.05, 4.69) is 38.7 Å². The molecule has 0 radical (unpaired) electrons. The summed E-state index contributed by atoms with van der Waals surface area (Å²) >= 11 is 0. The van der Waals surface area contributed by atoms with E-state index >= 15 is 0 Å². The number of fused-ring (bicyclic) bond motifs is 5. The maximum atomic E-state index is 13.5. The quantitative estimate of drug-likeness (QED) is 0.384. The van der Waals surface area contributed by atoms with Crippen LogP contribution in [-0.4, -0.2) is 64.6 Å². The Kier molecular flexibility index (Phi) is 6.20. The average Bonchev–Trinajstić information content (AvgIpc) is 3.26. The van der Waals surface area contributed by atoms with Crippen molar-refractivity contribution in [2.75, 3.05) is 54.4 Å². The first-order chi connectivity index (χ1) is 19.7. The molecule has 5 heterocycles. The van der Waals surface area contributed by atoms with Crippen LogP contribution in [0.1, 0.15) is 12.8 Å². The van der Waals surface area contributed by atoms with Crippen LogP contribution in [-0.2, 0) is 11.3 Å². The smallest absolute Gasteiger partial charge is 0.278 e. The van der Waals surface area contributed by atoms with Crippen LogP contribution in [0.25, 0.3) is 16.7 Å². The van der Waals surface area contributed by atoms with Gasteiger partial charge in [-0.3, -0.25) is 9.59 Å². The molecule has 4 aromatic rings. The van der Waals surface area contributed by atoms with E-state index < -0.39 is 0 Å². The van der Waals surface area contributed by atoms with Gasteiger partial charge in [-0.05, 0) is 55.3 Å². The van der Waals surface area contributed by atoms with Crippen LogP contribution < -0.4 is 30.7 Å². The maximum absolute atomic E-state index is 13.5. The maximum Gasteiger partial charge on any atom is 0.278 e. The van der Waals surface area contributed by atoms with Gasteiger partial charge in [0.15, 0.2) is 12.3 Å². The number of carbonyl (C=O) groups excluding carboxylic acids is 1. The normalized spacial score (nSPS) is 17.9. The van der Waals surface area contributed by atoms with Gasteiger partial charge in [0.05, 0.1) is 17.9 Å². The van der Waals surface area contributed by atoms with E-state index in [9.17, 15) is 9.59 Å². The highest BCUT2D eigenvalue weighted by molar-refractivity contribution is 5.98. The molecule has 7 rings (SSSR count). The molecule has 0 aliphatic carbocycles. The second-order valence-electron chi connectivity index (χ2n) is 10.1. The summed E-state index contributed by atoms with van der Waals surface area (Å²) in [5.74, 6) is 0.975. The van der Waals surface area contributed by atoms with Crippen LogP contribution in [0.2, 0.25) is 0 Å². The highest BCUT2D eigenvalue weighted by Gasteiger charge is 2.27. The lowest BCUT2D eigenvalue weighted by Crippen LogP contribution is -2.43. The number of carbonyl (C=O) groups is 1. The van der Waals surface area contributed by atoms with Crippen molar-refractivity contribution >= 4 is 40.0 Å². The molecule has 11 nitrogen and oxygen atoms in total.